The summed E-state index contributed by atoms with van der Waals surface area (Å²) < 4.78 is 0. The number of hydrogen-bond donors (Lipinski definition) is 0. The summed E-state index contributed by atoms with van der Waals surface area (Å²) >= 11 is 0. The summed E-state index contributed by atoms with van der Waals surface area (Å²) in [6, 6.07) is 7.21. The van der Waals surface area contributed by atoms with Gasteiger partial charge in [-0.15, -0.1) is 0 Å². The van der Waals surface area contributed by atoms with Gasteiger partial charge in [0.05, 0.1) is 0 Å². The van der Waals surface area contributed by atoms with Gasteiger partial charge in [-0.05, 0) is 25.7 Å². The number of Topliss-reactive ketones (excluding diaryl/α,β-unsaturated/α-hetero) is 2. The van der Waals surface area contributed by atoms with Crippen molar-refractivity contribution in [2.45, 2.75) is 53.4 Å². The summed E-state index contributed by atoms with van der Waals surface area (Å²) in [5.74, 6) is 0.569. The van der Waals surface area contributed by atoms with Crippen LogP contribution in [-0.2, 0) is 0 Å². The van der Waals surface area contributed by atoms with E-state index in [2.05, 4.69) is 0 Å². The number of ketones is 2. The van der Waals surface area contributed by atoms with Gasteiger partial charge in [0.1, 0.15) is 0 Å². The van der Waals surface area contributed by atoms with E-state index in [9.17, 15) is 9.59 Å². The molecular formula is C18H26O2. The molecule has 0 aliphatic carbocycles. The fourth-order valence-corrected chi connectivity index (χ4v) is 2.59. The van der Waals surface area contributed by atoms with Crippen molar-refractivity contribution in [1.82, 2.24) is 0 Å². The number of hydrogen-bond acceptors (Lipinski definition) is 2. The molecule has 0 heterocycles. The minimum Gasteiger partial charge on any atom is -0.294 e. The van der Waals surface area contributed by atoms with Gasteiger partial charge < -0.3 is 0 Å². The highest BCUT2D eigenvalue weighted by atomic mass is 16.1. The Balaban J connectivity index is 2.88. The Labute approximate surface area is 122 Å². The van der Waals surface area contributed by atoms with E-state index >= 15 is 0 Å². The lowest BCUT2D eigenvalue weighted by atomic mass is 9.90. The van der Waals surface area contributed by atoms with Gasteiger partial charge in [-0.3, -0.25) is 9.59 Å². The Morgan fingerprint density at radius 3 is 1.15 bits per heavy atom. The van der Waals surface area contributed by atoms with E-state index in [0.717, 1.165) is 36.8 Å². The van der Waals surface area contributed by atoms with Crippen LogP contribution in [0, 0.1) is 11.8 Å². The zero-order valence-corrected chi connectivity index (χ0v) is 13.1. The third-order valence-electron chi connectivity index (χ3n) is 4.17. The molecule has 0 bridgehead atoms. The minimum atomic E-state index is 0.0931. The maximum atomic E-state index is 12.2. The van der Waals surface area contributed by atoms with Crippen LogP contribution in [0.5, 0.6) is 0 Å². The lowest BCUT2D eigenvalue weighted by Gasteiger charge is -2.13. The van der Waals surface area contributed by atoms with Crippen LogP contribution in [0.15, 0.2) is 24.3 Å². The fraction of sp³-hybridized carbons (Fsp3) is 0.556. The van der Waals surface area contributed by atoms with Crippen molar-refractivity contribution in [3.63, 3.8) is 0 Å². The summed E-state index contributed by atoms with van der Waals surface area (Å²) in [4.78, 5) is 24.5. The Hall–Kier alpha value is -1.44. The van der Waals surface area contributed by atoms with Crippen molar-refractivity contribution in [1.29, 1.82) is 0 Å². The van der Waals surface area contributed by atoms with E-state index in [0.29, 0.717) is 0 Å². The Morgan fingerprint density at radius 2 is 0.950 bits per heavy atom. The molecular weight excluding hydrogens is 248 g/mol. The summed E-state index contributed by atoms with van der Waals surface area (Å²) in [5, 5.41) is 0. The molecule has 1 aromatic carbocycles. The average Bonchev–Trinajstić information content (AvgIpc) is 2.49. The highest BCUT2D eigenvalue weighted by molar-refractivity contribution is 6.01. The van der Waals surface area contributed by atoms with E-state index in [1.54, 1.807) is 24.3 Å². The van der Waals surface area contributed by atoms with Crippen molar-refractivity contribution in [3.8, 4) is 0 Å². The topological polar surface area (TPSA) is 34.1 Å². The maximum Gasteiger partial charge on any atom is 0.165 e. The smallest absolute Gasteiger partial charge is 0.165 e. The van der Waals surface area contributed by atoms with Crippen LogP contribution < -0.4 is 0 Å². The van der Waals surface area contributed by atoms with E-state index in [-0.39, 0.29) is 23.4 Å². The van der Waals surface area contributed by atoms with E-state index in [1.807, 2.05) is 27.7 Å². The van der Waals surface area contributed by atoms with Crippen LogP contribution >= 0.6 is 0 Å². The molecule has 0 unspecified atom stereocenters. The first-order valence-electron chi connectivity index (χ1n) is 7.77. The monoisotopic (exact) mass is 274 g/mol. The second kappa shape index (κ2) is 7.98. The van der Waals surface area contributed by atoms with Crippen LogP contribution in [0.2, 0.25) is 0 Å². The largest absolute Gasteiger partial charge is 0.294 e. The first kappa shape index (κ1) is 16.6. The molecule has 0 aromatic heterocycles. The molecule has 2 heteroatoms. The van der Waals surface area contributed by atoms with Gasteiger partial charge in [0, 0.05) is 23.0 Å². The lowest BCUT2D eigenvalue weighted by Crippen LogP contribution is -2.15. The number of carbonyl (C=O) groups is 2. The minimum absolute atomic E-state index is 0.0931. The van der Waals surface area contributed by atoms with Gasteiger partial charge >= 0.3 is 0 Å². The summed E-state index contributed by atoms with van der Waals surface area (Å²) in [7, 11) is 0. The molecule has 0 atom stereocenters. The van der Waals surface area contributed by atoms with Gasteiger partial charge in [0.25, 0.3) is 0 Å². The number of rotatable bonds is 8. The predicted octanol–water partition coefficient (Wildman–Crippen LogP) is 4.92. The molecule has 2 nitrogen and oxygen atoms in total. The van der Waals surface area contributed by atoms with Crippen molar-refractivity contribution in [2.75, 3.05) is 0 Å². The zero-order chi connectivity index (χ0) is 15.1. The molecule has 0 aliphatic heterocycles. The zero-order valence-electron chi connectivity index (χ0n) is 13.1. The second-order valence-corrected chi connectivity index (χ2v) is 5.33. The predicted molar refractivity (Wildman–Crippen MR) is 83.2 cm³/mol. The van der Waals surface area contributed by atoms with Gasteiger partial charge in [-0.25, -0.2) is 0 Å². The van der Waals surface area contributed by atoms with Crippen molar-refractivity contribution in [3.05, 3.63) is 35.4 Å². The van der Waals surface area contributed by atoms with Crippen LogP contribution in [0.4, 0.5) is 0 Å². The maximum absolute atomic E-state index is 12.2. The van der Waals surface area contributed by atoms with Crippen molar-refractivity contribution < 1.29 is 9.59 Å². The van der Waals surface area contributed by atoms with Crippen molar-refractivity contribution >= 4 is 11.6 Å². The molecule has 0 amide bonds. The Morgan fingerprint density at radius 1 is 0.700 bits per heavy atom. The molecule has 0 spiro atoms. The van der Waals surface area contributed by atoms with Gasteiger partial charge in [-0.2, -0.15) is 0 Å². The van der Waals surface area contributed by atoms with Crippen LogP contribution in [-0.4, -0.2) is 11.6 Å². The molecule has 0 radical (unpaired) electrons. The quantitative estimate of drug-likeness (QED) is 0.630. The Bertz CT molecular complexity index is 394. The third-order valence-corrected chi connectivity index (χ3v) is 4.17. The van der Waals surface area contributed by atoms with Crippen LogP contribution in [0.1, 0.15) is 74.1 Å². The second-order valence-electron chi connectivity index (χ2n) is 5.33. The highest BCUT2D eigenvalue weighted by Gasteiger charge is 2.19. The van der Waals surface area contributed by atoms with Crippen LogP contribution in [0.3, 0.4) is 0 Å². The van der Waals surface area contributed by atoms with Crippen molar-refractivity contribution in [2.24, 2.45) is 11.8 Å². The summed E-state index contributed by atoms with van der Waals surface area (Å²) in [6.07, 6.45) is 3.46. The molecule has 0 saturated heterocycles. The highest BCUT2D eigenvalue weighted by Crippen LogP contribution is 2.19. The fourth-order valence-electron chi connectivity index (χ4n) is 2.59. The summed E-state index contributed by atoms with van der Waals surface area (Å²) in [5.41, 5.74) is 1.44. The van der Waals surface area contributed by atoms with E-state index < -0.39 is 0 Å². The van der Waals surface area contributed by atoms with E-state index in [4.69, 9.17) is 0 Å². The molecule has 0 N–H and O–H groups in total. The first-order chi connectivity index (χ1) is 9.58. The molecule has 1 rings (SSSR count). The standard InChI is InChI=1S/C18H26O2/c1-5-13(6-2)17(19)15-9-11-16(12-10-15)18(20)14(7-3)8-4/h9-14H,5-8H2,1-4H3. The molecule has 110 valence electrons. The molecule has 0 saturated carbocycles. The molecule has 20 heavy (non-hydrogen) atoms. The average molecular weight is 274 g/mol. The molecule has 0 aliphatic rings. The SMILES string of the molecule is CCC(CC)C(=O)c1ccc(C(=O)C(CC)CC)cc1. The van der Waals surface area contributed by atoms with Crippen LogP contribution in [0.25, 0.3) is 0 Å². The van der Waals surface area contributed by atoms with Gasteiger partial charge in [0.15, 0.2) is 11.6 Å². The lowest BCUT2D eigenvalue weighted by molar-refractivity contribution is 0.0902. The first-order valence-corrected chi connectivity index (χ1v) is 7.77. The normalized spacial score (nSPS) is 11.1. The summed E-state index contributed by atoms with van der Waals surface area (Å²) in [6.45, 7) is 8.15. The molecule has 1 aromatic rings. The van der Waals surface area contributed by atoms with Gasteiger partial charge in [0.2, 0.25) is 0 Å². The van der Waals surface area contributed by atoms with E-state index in [1.165, 1.54) is 0 Å². The number of benzene rings is 1. The molecule has 0 fully saturated rings. The number of carbonyl (C=O) groups excluding carboxylic acids is 2. The Kier molecular flexibility index (Phi) is 6.63. The third kappa shape index (κ3) is 3.78. The van der Waals surface area contributed by atoms with Gasteiger partial charge in [-0.1, -0.05) is 52.0 Å².